The summed E-state index contributed by atoms with van der Waals surface area (Å²) in [4.78, 5) is 22.7. The van der Waals surface area contributed by atoms with Gasteiger partial charge in [0.2, 0.25) is 0 Å². The second-order valence-electron chi connectivity index (χ2n) is 4.21. The van der Waals surface area contributed by atoms with Crippen molar-refractivity contribution in [3.05, 3.63) is 28.2 Å². The highest BCUT2D eigenvalue weighted by Crippen LogP contribution is 2.25. The van der Waals surface area contributed by atoms with Crippen LogP contribution in [0.5, 0.6) is 0 Å². The van der Waals surface area contributed by atoms with E-state index in [0.717, 1.165) is 10.0 Å². The zero-order chi connectivity index (χ0) is 14.4. The minimum atomic E-state index is -1.03. The quantitative estimate of drug-likeness (QED) is 0.776. The topological polar surface area (TPSA) is 78.4 Å². The summed E-state index contributed by atoms with van der Waals surface area (Å²) in [5, 5.41) is 14.0. The number of carboxylic acids is 1. The van der Waals surface area contributed by atoms with E-state index in [4.69, 9.17) is 5.11 Å². The summed E-state index contributed by atoms with van der Waals surface area (Å²) in [5.41, 5.74) is 1.60. The van der Waals surface area contributed by atoms with Crippen molar-refractivity contribution in [2.24, 2.45) is 0 Å². The predicted octanol–water partition coefficient (Wildman–Crippen LogP) is 3.13. The molecule has 3 N–H and O–H groups in total. The van der Waals surface area contributed by atoms with Crippen molar-refractivity contribution in [1.82, 2.24) is 5.32 Å². The number of rotatable bonds is 5. The van der Waals surface area contributed by atoms with E-state index in [9.17, 15) is 9.59 Å². The van der Waals surface area contributed by atoms with Gasteiger partial charge in [-0.1, -0.05) is 25.5 Å². The van der Waals surface area contributed by atoms with Gasteiger partial charge >= 0.3 is 12.0 Å². The molecule has 0 fully saturated rings. The van der Waals surface area contributed by atoms with Crippen molar-refractivity contribution in [3.63, 3.8) is 0 Å². The fourth-order valence-electron chi connectivity index (χ4n) is 1.61. The van der Waals surface area contributed by atoms with Crippen LogP contribution in [0.2, 0.25) is 0 Å². The van der Waals surface area contributed by atoms with Crippen LogP contribution in [0, 0.1) is 6.92 Å². The third-order valence-corrected chi connectivity index (χ3v) is 3.67. The Hall–Kier alpha value is -1.56. The van der Waals surface area contributed by atoms with Gasteiger partial charge < -0.3 is 15.7 Å². The summed E-state index contributed by atoms with van der Waals surface area (Å²) >= 11 is 3.38. The van der Waals surface area contributed by atoms with Crippen LogP contribution >= 0.6 is 15.9 Å². The first-order chi connectivity index (χ1) is 8.95. The maximum absolute atomic E-state index is 11.8. The molecule has 0 bridgehead atoms. The molecule has 0 aliphatic heterocycles. The SMILES string of the molecule is CCC[C@H](NC(=O)Nc1cccc(C)c1Br)C(=O)O. The third kappa shape index (κ3) is 4.55. The lowest BCUT2D eigenvalue weighted by Crippen LogP contribution is -2.42. The molecule has 104 valence electrons. The molecular formula is C13H17BrN2O3. The molecule has 0 aromatic heterocycles. The van der Waals surface area contributed by atoms with Crippen LogP contribution < -0.4 is 10.6 Å². The van der Waals surface area contributed by atoms with Gasteiger partial charge in [0.25, 0.3) is 0 Å². The predicted molar refractivity (Wildman–Crippen MR) is 77.4 cm³/mol. The van der Waals surface area contributed by atoms with Crippen molar-refractivity contribution in [1.29, 1.82) is 0 Å². The number of aryl methyl sites for hydroxylation is 1. The first-order valence-electron chi connectivity index (χ1n) is 6.01. The van der Waals surface area contributed by atoms with Gasteiger partial charge in [0.05, 0.1) is 5.69 Å². The average Bonchev–Trinajstić information content (AvgIpc) is 2.34. The molecule has 2 amide bonds. The Bertz CT molecular complexity index is 477. The van der Waals surface area contributed by atoms with E-state index in [1.807, 2.05) is 26.0 Å². The van der Waals surface area contributed by atoms with Crippen LogP contribution in [0.25, 0.3) is 0 Å². The standard InChI is InChI=1S/C13H17BrN2O3/c1-3-5-10(12(17)18)16-13(19)15-9-7-4-6-8(2)11(9)14/h4,6-7,10H,3,5H2,1-2H3,(H,17,18)(H2,15,16,19)/t10-/m0/s1. The number of hydrogen-bond donors (Lipinski definition) is 3. The number of carbonyl (C=O) groups is 2. The summed E-state index contributed by atoms with van der Waals surface area (Å²) in [6.45, 7) is 3.77. The number of nitrogens with one attached hydrogen (secondary N) is 2. The molecule has 1 atom stereocenters. The van der Waals surface area contributed by atoms with Crippen LogP contribution in [0.1, 0.15) is 25.3 Å². The van der Waals surface area contributed by atoms with Crippen molar-refractivity contribution in [3.8, 4) is 0 Å². The van der Waals surface area contributed by atoms with Gasteiger partial charge in [0, 0.05) is 4.47 Å². The van der Waals surface area contributed by atoms with Crippen molar-refractivity contribution < 1.29 is 14.7 Å². The Morgan fingerprint density at radius 2 is 2.11 bits per heavy atom. The van der Waals surface area contributed by atoms with E-state index in [0.29, 0.717) is 18.5 Å². The number of urea groups is 1. The monoisotopic (exact) mass is 328 g/mol. The number of carboxylic acid groups (broad SMARTS) is 1. The maximum Gasteiger partial charge on any atom is 0.326 e. The number of anilines is 1. The Kier molecular flexibility index (Phi) is 5.82. The molecule has 0 saturated carbocycles. The van der Waals surface area contributed by atoms with Gasteiger partial charge in [0.15, 0.2) is 0 Å². The summed E-state index contributed by atoms with van der Waals surface area (Å²) in [6.07, 6.45) is 1.09. The largest absolute Gasteiger partial charge is 0.480 e. The second kappa shape index (κ2) is 7.13. The van der Waals surface area contributed by atoms with Gasteiger partial charge in [-0.3, -0.25) is 0 Å². The van der Waals surface area contributed by atoms with Gasteiger partial charge in [-0.25, -0.2) is 9.59 Å². The van der Waals surface area contributed by atoms with Gasteiger partial charge in [-0.05, 0) is 40.9 Å². The number of benzene rings is 1. The van der Waals surface area contributed by atoms with E-state index >= 15 is 0 Å². The van der Waals surface area contributed by atoms with Gasteiger partial charge in [-0.2, -0.15) is 0 Å². The number of hydrogen-bond acceptors (Lipinski definition) is 2. The van der Waals surface area contributed by atoms with Crippen LogP contribution in [0.15, 0.2) is 22.7 Å². The first kappa shape index (κ1) is 15.5. The molecule has 1 rings (SSSR count). The Morgan fingerprint density at radius 1 is 1.42 bits per heavy atom. The van der Waals surface area contributed by atoms with Gasteiger partial charge in [-0.15, -0.1) is 0 Å². The number of halogens is 1. The first-order valence-corrected chi connectivity index (χ1v) is 6.80. The summed E-state index contributed by atoms with van der Waals surface area (Å²) in [7, 11) is 0. The molecule has 0 saturated heterocycles. The zero-order valence-electron chi connectivity index (χ0n) is 10.9. The molecule has 1 aromatic rings. The molecule has 6 heteroatoms. The molecule has 0 aliphatic carbocycles. The zero-order valence-corrected chi connectivity index (χ0v) is 12.5. The number of carbonyl (C=O) groups excluding carboxylic acids is 1. The fourth-order valence-corrected chi connectivity index (χ4v) is 1.97. The lowest BCUT2D eigenvalue weighted by molar-refractivity contribution is -0.139. The minimum Gasteiger partial charge on any atom is -0.480 e. The Morgan fingerprint density at radius 3 is 2.68 bits per heavy atom. The molecule has 0 heterocycles. The van der Waals surface area contributed by atoms with Crippen molar-refractivity contribution in [2.75, 3.05) is 5.32 Å². The number of amides is 2. The molecule has 0 radical (unpaired) electrons. The summed E-state index contributed by atoms with van der Waals surface area (Å²) < 4.78 is 0.785. The number of aliphatic carboxylic acids is 1. The molecule has 19 heavy (non-hydrogen) atoms. The van der Waals surface area contributed by atoms with Crippen LogP contribution in [0.3, 0.4) is 0 Å². The average molecular weight is 329 g/mol. The highest BCUT2D eigenvalue weighted by atomic mass is 79.9. The van der Waals surface area contributed by atoms with Crippen molar-refractivity contribution in [2.45, 2.75) is 32.7 Å². The van der Waals surface area contributed by atoms with E-state index in [1.165, 1.54) is 0 Å². The van der Waals surface area contributed by atoms with Gasteiger partial charge in [0.1, 0.15) is 6.04 Å². The van der Waals surface area contributed by atoms with E-state index < -0.39 is 18.0 Å². The minimum absolute atomic E-state index is 0.401. The Labute approximate surface area is 120 Å². The molecule has 1 aromatic carbocycles. The molecule has 0 spiro atoms. The van der Waals surface area contributed by atoms with E-state index in [1.54, 1.807) is 6.07 Å². The molecule has 0 unspecified atom stereocenters. The van der Waals surface area contributed by atoms with Crippen LogP contribution in [-0.4, -0.2) is 23.1 Å². The fraction of sp³-hybridized carbons (Fsp3) is 0.385. The lowest BCUT2D eigenvalue weighted by atomic mass is 10.2. The summed E-state index contributed by atoms with van der Waals surface area (Å²) in [6, 6.07) is 4.08. The van der Waals surface area contributed by atoms with E-state index in [2.05, 4.69) is 26.6 Å². The molecular weight excluding hydrogens is 312 g/mol. The lowest BCUT2D eigenvalue weighted by Gasteiger charge is -2.15. The maximum atomic E-state index is 11.8. The van der Waals surface area contributed by atoms with Crippen LogP contribution in [0.4, 0.5) is 10.5 Å². The highest BCUT2D eigenvalue weighted by molar-refractivity contribution is 9.10. The normalized spacial score (nSPS) is 11.7. The van der Waals surface area contributed by atoms with Crippen molar-refractivity contribution >= 4 is 33.6 Å². The third-order valence-electron chi connectivity index (χ3n) is 2.62. The van der Waals surface area contributed by atoms with E-state index in [-0.39, 0.29) is 0 Å². The molecule has 0 aliphatic rings. The second-order valence-corrected chi connectivity index (χ2v) is 5.01. The highest BCUT2D eigenvalue weighted by Gasteiger charge is 2.19. The smallest absolute Gasteiger partial charge is 0.326 e. The molecule has 5 nitrogen and oxygen atoms in total. The summed E-state index contributed by atoms with van der Waals surface area (Å²) in [5.74, 6) is -1.03. The van der Waals surface area contributed by atoms with Crippen LogP contribution in [-0.2, 0) is 4.79 Å². The Balaban J connectivity index is 2.69.